The molecule has 0 bridgehead atoms. The minimum Gasteiger partial charge on any atom is -0.338 e. The molecule has 0 saturated heterocycles. The average molecular weight is 198 g/mol. The zero-order valence-electron chi connectivity index (χ0n) is 9.40. The van der Waals surface area contributed by atoms with Crippen LogP contribution in [-0.4, -0.2) is 29.1 Å². The van der Waals surface area contributed by atoms with Gasteiger partial charge >= 0.3 is 0 Å². The molecule has 0 aliphatic carbocycles. The summed E-state index contributed by atoms with van der Waals surface area (Å²) in [6.07, 6.45) is 0. The van der Waals surface area contributed by atoms with Gasteiger partial charge in [-0.3, -0.25) is 4.90 Å². The molecule has 1 heterocycles. The number of hydrogen-bond acceptors (Lipinski definition) is 5. The van der Waals surface area contributed by atoms with Crippen LogP contribution in [0.2, 0.25) is 0 Å². The summed E-state index contributed by atoms with van der Waals surface area (Å²) in [7, 11) is 3.95. The van der Waals surface area contributed by atoms with E-state index in [4.69, 9.17) is 10.3 Å². The Morgan fingerprint density at radius 3 is 2.36 bits per heavy atom. The highest BCUT2D eigenvalue weighted by atomic mass is 16.5. The maximum Gasteiger partial charge on any atom is 0.243 e. The summed E-state index contributed by atoms with van der Waals surface area (Å²) in [6, 6.07) is -0.214. The van der Waals surface area contributed by atoms with Gasteiger partial charge in [0.05, 0.1) is 11.6 Å². The monoisotopic (exact) mass is 198 g/mol. The summed E-state index contributed by atoms with van der Waals surface area (Å²) < 4.78 is 5.05. The number of nitrogens with zero attached hydrogens (tertiary/aromatic N) is 3. The standard InChI is InChI=1S/C9H18N4O/c1-6(10)7-11-8(12-14-7)9(2,3)13(4)5/h6H,10H2,1-5H3. The summed E-state index contributed by atoms with van der Waals surface area (Å²) in [6.45, 7) is 5.88. The van der Waals surface area contributed by atoms with E-state index < -0.39 is 0 Å². The molecule has 0 radical (unpaired) electrons. The summed E-state index contributed by atoms with van der Waals surface area (Å²) in [5.41, 5.74) is 5.40. The van der Waals surface area contributed by atoms with Crippen LogP contribution >= 0.6 is 0 Å². The highest BCUT2D eigenvalue weighted by Gasteiger charge is 2.29. The fraction of sp³-hybridized carbons (Fsp3) is 0.778. The van der Waals surface area contributed by atoms with Gasteiger partial charge in [0.2, 0.25) is 5.89 Å². The predicted octanol–water partition coefficient (Wildman–Crippen LogP) is 0.886. The lowest BCUT2D eigenvalue weighted by molar-refractivity contribution is 0.180. The van der Waals surface area contributed by atoms with Crippen LogP contribution < -0.4 is 5.73 Å². The van der Waals surface area contributed by atoms with Gasteiger partial charge in [0.1, 0.15) is 0 Å². The highest BCUT2D eigenvalue weighted by molar-refractivity contribution is 5.02. The summed E-state index contributed by atoms with van der Waals surface area (Å²) in [5.74, 6) is 1.14. The molecule has 0 aromatic carbocycles. The van der Waals surface area contributed by atoms with E-state index in [1.165, 1.54) is 0 Å². The summed E-state index contributed by atoms with van der Waals surface area (Å²) in [5, 5.41) is 3.92. The Kier molecular flexibility index (Phi) is 2.92. The molecule has 5 heteroatoms. The second-order valence-electron chi connectivity index (χ2n) is 4.20. The maximum atomic E-state index is 5.64. The minimum atomic E-state index is -0.239. The van der Waals surface area contributed by atoms with Gasteiger partial charge in [-0.1, -0.05) is 5.16 Å². The molecule has 0 fully saturated rings. The Bertz CT molecular complexity index is 304. The zero-order chi connectivity index (χ0) is 10.9. The molecular formula is C9H18N4O. The van der Waals surface area contributed by atoms with Crippen molar-refractivity contribution < 1.29 is 4.52 Å². The van der Waals surface area contributed by atoms with E-state index in [0.717, 1.165) is 0 Å². The van der Waals surface area contributed by atoms with Crippen molar-refractivity contribution in [3.05, 3.63) is 11.7 Å². The van der Waals surface area contributed by atoms with Crippen molar-refractivity contribution in [2.24, 2.45) is 5.73 Å². The molecule has 0 amide bonds. The predicted molar refractivity (Wildman–Crippen MR) is 53.6 cm³/mol. The molecule has 1 unspecified atom stereocenters. The molecule has 80 valence electrons. The van der Waals surface area contributed by atoms with Crippen LogP contribution in [0.15, 0.2) is 4.52 Å². The van der Waals surface area contributed by atoms with Gasteiger partial charge in [-0.2, -0.15) is 4.98 Å². The number of aromatic nitrogens is 2. The molecule has 1 aromatic heterocycles. The fourth-order valence-corrected chi connectivity index (χ4v) is 0.869. The highest BCUT2D eigenvalue weighted by Crippen LogP contribution is 2.23. The molecular weight excluding hydrogens is 180 g/mol. The second-order valence-corrected chi connectivity index (χ2v) is 4.20. The van der Waals surface area contributed by atoms with Gasteiger partial charge in [-0.05, 0) is 34.9 Å². The minimum absolute atomic E-state index is 0.214. The first-order chi connectivity index (χ1) is 6.35. The van der Waals surface area contributed by atoms with E-state index in [9.17, 15) is 0 Å². The number of rotatable bonds is 3. The van der Waals surface area contributed by atoms with Crippen molar-refractivity contribution in [2.75, 3.05) is 14.1 Å². The van der Waals surface area contributed by atoms with Crippen LogP contribution in [0.5, 0.6) is 0 Å². The van der Waals surface area contributed by atoms with E-state index in [1.807, 2.05) is 39.8 Å². The normalized spacial score (nSPS) is 14.8. The van der Waals surface area contributed by atoms with Crippen LogP contribution in [-0.2, 0) is 5.54 Å². The Balaban J connectivity index is 2.97. The van der Waals surface area contributed by atoms with Crippen LogP contribution in [0, 0.1) is 0 Å². The van der Waals surface area contributed by atoms with E-state index in [2.05, 4.69) is 10.1 Å². The van der Waals surface area contributed by atoms with Gasteiger partial charge < -0.3 is 10.3 Å². The SMILES string of the molecule is CC(N)c1nc(C(C)(C)N(C)C)no1. The first-order valence-corrected chi connectivity index (χ1v) is 4.62. The maximum absolute atomic E-state index is 5.64. The third kappa shape index (κ3) is 1.93. The molecule has 0 saturated carbocycles. The molecule has 5 nitrogen and oxygen atoms in total. The van der Waals surface area contributed by atoms with Gasteiger partial charge in [0.15, 0.2) is 5.82 Å². The lowest BCUT2D eigenvalue weighted by Crippen LogP contribution is -2.36. The van der Waals surface area contributed by atoms with Crippen molar-refractivity contribution in [1.82, 2.24) is 15.0 Å². The second kappa shape index (κ2) is 3.67. The molecule has 0 aliphatic rings. The van der Waals surface area contributed by atoms with Crippen molar-refractivity contribution in [3.8, 4) is 0 Å². The molecule has 0 aliphatic heterocycles. The van der Waals surface area contributed by atoms with Gasteiger partial charge in [0, 0.05) is 0 Å². The molecule has 2 N–H and O–H groups in total. The Morgan fingerprint density at radius 2 is 2.00 bits per heavy atom. The van der Waals surface area contributed by atoms with Crippen molar-refractivity contribution >= 4 is 0 Å². The topological polar surface area (TPSA) is 68.2 Å². The van der Waals surface area contributed by atoms with Gasteiger partial charge in [-0.25, -0.2) is 0 Å². The quantitative estimate of drug-likeness (QED) is 0.781. The smallest absolute Gasteiger partial charge is 0.243 e. The Morgan fingerprint density at radius 1 is 1.43 bits per heavy atom. The number of nitrogens with two attached hydrogens (primary N) is 1. The zero-order valence-corrected chi connectivity index (χ0v) is 9.40. The lowest BCUT2D eigenvalue weighted by Gasteiger charge is -2.28. The van der Waals surface area contributed by atoms with Crippen LogP contribution in [0.1, 0.15) is 38.5 Å². The largest absolute Gasteiger partial charge is 0.338 e. The average Bonchev–Trinajstić information content (AvgIpc) is 2.51. The van der Waals surface area contributed by atoms with Crippen molar-refractivity contribution in [2.45, 2.75) is 32.4 Å². The Hall–Kier alpha value is -0.940. The van der Waals surface area contributed by atoms with E-state index in [-0.39, 0.29) is 11.6 Å². The van der Waals surface area contributed by atoms with Crippen LogP contribution in [0.25, 0.3) is 0 Å². The number of hydrogen-bond donors (Lipinski definition) is 1. The van der Waals surface area contributed by atoms with Gasteiger partial charge in [0.25, 0.3) is 0 Å². The first kappa shape index (κ1) is 11.1. The third-order valence-electron chi connectivity index (χ3n) is 2.50. The van der Waals surface area contributed by atoms with Crippen molar-refractivity contribution in [1.29, 1.82) is 0 Å². The van der Waals surface area contributed by atoms with E-state index >= 15 is 0 Å². The summed E-state index contributed by atoms with van der Waals surface area (Å²) in [4.78, 5) is 6.29. The lowest BCUT2D eigenvalue weighted by atomic mass is 10.0. The molecule has 1 rings (SSSR count). The van der Waals surface area contributed by atoms with E-state index in [1.54, 1.807) is 0 Å². The molecule has 14 heavy (non-hydrogen) atoms. The molecule has 1 aromatic rings. The Labute approximate surface area is 84.3 Å². The summed E-state index contributed by atoms with van der Waals surface area (Å²) >= 11 is 0. The molecule has 0 spiro atoms. The molecule has 1 atom stereocenters. The van der Waals surface area contributed by atoms with Gasteiger partial charge in [-0.15, -0.1) is 0 Å². The third-order valence-corrected chi connectivity index (χ3v) is 2.50. The fourth-order valence-electron chi connectivity index (χ4n) is 0.869. The van der Waals surface area contributed by atoms with Crippen molar-refractivity contribution in [3.63, 3.8) is 0 Å². The van der Waals surface area contributed by atoms with E-state index in [0.29, 0.717) is 11.7 Å². The van der Waals surface area contributed by atoms with Crippen LogP contribution in [0.3, 0.4) is 0 Å². The van der Waals surface area contributed by atoms with Crippen LogP contribution in [0.4, 0.5) is 0 Å². The first-order valence-electron chi connectivity index (χ1n) is 4.62.